The van der Waals surface area contributed by atoms with Crippen LogP contribution in [0.2, 0.25) is 0 Å². The van der Waals surface area contributed by atoms with Crippen molar-refractivity contribution in [2.75, 3.05) is 29.5 Å². The normalized spacial score (nSPS) is 18.4. The van der Waals surface area contributed by atoms with Gasteiger partial charge in [0.15, 0.2) is 5.71 Å². The van der Waals surface area contributed by atoms with Gasteiger partial charge in [0, 0.05) is 59.0 Å². The Morgan fingerprint density at radius 1 is 0.734 bits per heavy atom. The van der Waals surface area contributed by atoms with Gasteiger partial charge in [0.25, 0.3) is 0 Å². The molecule has 0 spiro atoms. The van der Waals surface area contributed by atoms with E-state index >= 15 is 0 Å². The Kier molecular flexibility index (Phi) is 13.5. The van der Waals surface area contributed by atoms with Gasteiger partial charge in [0.2, 0.25) is 5.69 Å². The van der Waals surface area contributed by atoms with Gasteiger partial charge in [-0.1, -0.05) is 92.7 Å². The molecule has 326 valence electrons. The van der Waals surface area contributed by atoms with E-state index in [0.29, 0.717) is 13.1 Å². The number of aromatic carboxylic acids is 1. The molecule has 0 bridgehead atoms. The third kappa shape index (κ3) is 9.37. The standard InChI is InChI=1S/C51H52N2O8S2.Na/c1-50(2)44(52(30-10-32-62(56,57)58)42-26-22-34-12-5-7-16-40(34)47(42)50)28-24-36-14-9-15-37(46(36)38-18-20-39(21-19-38)49(54)55)25-29-45-51(3,4)48-41-17-8-6-13-35(41)23-27-43(48)53(45)31-11-33-63(59,60)61;/h5-8,12-13,16-29H,9-11,14-15,30-33H2,1-4H3,(H2-,54,55,56,57,58,59,60,61);/q;+1/p-1. The Balaban J connectivity index is 0.00000612. The molecule has 64 heavy (non-hydrogen) atoms. The van der Waals surface area contributed by atoms with Gasteiger partial charge < -0.3 is 19.1 Å². The van der Waals surface area contributed by atoms with E-state index in [0.717, 1.165) is 97.0 Å². The van der Waals surface area contributed by atoms with E-state index in [2.05, 4.69) is 110 Å². The third-order valence-corrected chi connectivity index (χ3v) is 14.5. The fourth-order valence-corrected chi connectivity index (χ4v) is 11.1. The average Bonchev–Trinajstić information content (AvgIpc) is 3.59. The summed E-state index contributed by atoms with van der Waals surface area (Å²) in [5, 5.41) is 14.2. The van der Waals surface area contributed by atoms with Crippen molar-refractivity contribution in [2.45, 2.75) is 70.6 Å². The Morgan fingerprint density at radius 3 is 1.98 bits per heavy atom. The Labute approximate surface area is 398 Å². The molecule has 2 heterocycles. The van der Waals surface area contributed by atoms with Crippen molar-refractivity contribution in [2.24, 2.45) is 0 Å². The van der Waals surface area contributed by atoms with Crippen molar-refractivity contribution < 1.29 is 70.0 Å². The average molecular weight is 907 g/mol. The second-order valence-corrected chi connectivity index (χ2v) is 20.8. The first-order chi connectivity index (χ1) is 29.8. The summed E-state index contributed by atoms with van der Waals surface area (Å²) < 4.78 is 72.5. The summed E-state index contributed by atoms with van der Waals surface area (Å²) in [6.45, 7) is 9.35. The fourth-order valence-electron chi connectivity index (χ4n) is 10.1. The molecule has 13 heteroatoms. The molecule has 0 amide bonds. The maximum absolute atomic E-state index is 12.0. The first-order valence-electron chi connectivity index (χ1n) is 21.4. The summed E-state index contributed by atoms with van der Waals surface area (Å²) in [5.74, 6) is -1.96. The van der Waals surface area contributed by atoms with Crippen LogP contribution < -0.4 is 34.5 Å². The number of rotatable bonds is 13. The number of anilines is 1. The molecule has 0 atom stereocenters. The van der Waals surface area contributed by atoms with Crippen molar-refractivity contribution in [3.8, 4) is 0 Å². The summed E-state index contributed by atoms with van der Waals surface area (Å²) in [6.07, 6.45) is 11.2. The van der Waals surface area contributed by atoms with E-state index in [1.54, 1.807) is 12.1 Å². The van der Waals surface area contributed by atoms with Gasteiger partial charge in [0.1, 0.15) is 6.54 Å². The molecular weight excluding hydrogens is 856 g/mol. The minimum absolute atomic E-state index is 0. The number of hydrogen-bond donors (Lipinski definition) is 1. The van der Waals surface area contributed by atoms with E-state index in [-0.39, 0.29) is 48.0 Å². The Hall–Kier alpha value is -4.66. The smallest absolute Gasteiger partial charge is 0.748 e. The molecule has 0 aromatic heterocycles. The van der Waals surface area contributed by atoms with Gasteiger partial charge in [-0.2, -0.15) is 4.58 Å². The van der Waals surface area contributed by atoms with E-state index < -0.39 is 48.5 Å². The van der Waals surface area contributed by atoms with Gasteiger partial charge in [0.05, 0.1) is 31.2 Å². The molecule has 10 nitrogen and oxygen atoms in total. The van der Waals surface area contributed by atoms with Crippen LogP contribution in [-0.4, -0.2) is 71.9 Å². The van der Waals surface area contributed by atoms with E-state index in [9.17, 15) is 35.8 Å². The van der Waals surface area contributed by atoms with Crippen LogP contribution in [0, 0.1) is 0 Å². The maximum Gasteiger partial charge on any atom is 1.00 e. The number of hydrogen-bond acceptors (Lipinski definition) is 8. The van der Waals surface area contributed by atoms with Crippen molar-refractivity contribution in [1.29, 1.82) is 0 Å². The van der Waals surface area contributed by atoms with Crippen LogP contribution >= 0.6 is 0 Å². The molecule has 1 N–H and O–H groups in total. The molecule has 0 radical (unpaired) electrons. The Bertz CT molecular complexity index is 3070. The summed E-state index contributed by atoms with van der Waals surface area (Å²) >= 11 is 0. The molecular formula is C51H51N2NaO8S2. The number of carboxylic acids is 1. The van der Waals surface area contributed by atoms with Crippen LogP contribution in [0.15, 0.2) is 138 Å². The van der Waals surface area contributed by atoms with Crippen LogP contribution in [0.3, 0.4) is 0 Å². The van der Waals surface area contributed by atoms with Crippen LogP contribution in [-0.2, 0) is 31.1 Å². The first kappa shape index (κ1) is 47.3. The van der Waals surface area contributed by atoms with Crippen molar-refractivity contribution >= 4 is 70.4 Å². The zero-order chi connectivity index (χ0) is 44.9. The molecule has 5 aromatic carbocycles. The van der Waals surface area contributed by atoms with Crippen molar-refractivity contribution in [3.05, 3.63) is 160 Å². The van der Waals surface area contributed by atoms with Crippen LogP contribution in [0.25, 0.3) is 27.1 Å². The molecule has 3 aliphatic rings. The predicted molar refractivity (Wildman–Crippen MR) is 249 cm³/mol. The van der Waals surface area contributed by atoms with Gasteiger partial charge in [-0.3, -0.25) is 0 Å². The van der Waals surface area contributed by atoms with Crippen molar-refractivity contribution in [1.82, 2.24) is 0 Å². The van der Waals surface area contributed by atoms with Crippen LogP contribution in [0.4, 0.5) is 11.4 Å². The third-order valence-electron chi connectivity index (χ3n) is 12.9. The summed E-state index contributed by atoms with van der Waals surface area (Å²) in [4.78, 5) is 14.1. The SMILES string of the molecule is CC1(C)C(/C=C/C2=C(c3ccc(C(=O)O)cc3)C(=C/C=C3/N(CCCS(=O)(=O)[O-])c4ccc5ccccc5c4C3(C)C)/CCC2)=[N+](CCCS(=O)(=O)[O-])c2ccc3ccccc3c21.[Na+]. The van der Waals surface area contributed by atoms with E-state index in [1.807, 2.05) is 36.4 Å². The number of carboxylic acid groups (broad SMARTS) is 1. The fraction of sp³-hybridized carbons (Fsp3) is 0.294. The number of allylic oxidation sites excluding steroid dienone is 8. The predicted octanol–water partition coefficient (Wildman–Crippen LogP) is 6.74. The zero-order valence-corrected chi connectivity index (χ0v) is 40.6. The second kappa shape index (κ2) is 18.3. The summed E-state index contributed by atoms with van der Waals surface area (Å²) in [6, 6.07) is 31.6. The number of nitrogens with zero attached hydrogens (tertiary/aromatic N) is 2. The number of carbonyl (C=O) groups is 1. The molecule has 8 rings (SSSR count). The van der Waals surface area contributed by atoms with Crippen LogP contribution in [0.5, 0.6) is 0 Å². The van der Waals surface area contributed by atoms with E-state index in [1.165, 1.54) is 0 Å². The second-order valence-electron chi connectivity index (χ2n) is 17.7. The van der Waals surface area contributed by atoms with Gasteiger partial charge in [-0.05, 0) is 119 Å². The molecule has 5 aromatic rings. The van der Waals surface area contributed by atoms with Gasteiger partial charge >= 0.3 is 35.5 Å². The van der Waals surface area contributed by atoms with Gasteiger partial charge in [-0.25, -0.2) is 21.6 Å². The van der Waals surface area contributed by atoms with Crippen molar-refractivity contribution in [3.63, 3.8) is 0 Å². The minimum Gasteiger partial charge on any atom is -0.748 e. The molecule has 0 saturated heterocycles. The molecule has 2 aliphatic heterocycles. The summed E-state index contributed by atoms with van der Waals surface area (Å²) in [5.41, 5.74) is 9.29. The minimum atomic E-state index is -4.41. The quantitative estimate of drug-likeness (QED) is 0.0768. The van der Waals surface area contributed by atoms with Gasteiger partial charge in [-0.15, -0.1) is 0 Å². The Morgan fingerprint density at radius 2 is 1.34 bits per heavy atom. The summed E-state index contributed by atoms with van der Waals surface area (Å²) in [7, 11) is -8.83. The molecule has 0 fully saturated rings. The topological polar surface area (TPSA) is 158 Å². The number of benzene rings is 5. The number of fused-ring (bicyclic) bond motifs is 6. The molecule has 0 saturated carbocycles. The van der Waals surface area contributed by atoms with Crippen LogP contribution in [0.1, 0.15) is 86.8 Å². The first-order valence-corrected chi connectivity index (χ1v) is 24.5. The molecule has 1 aliphatic carbocycles. The zero-order valence-electron chi connectivity index (χ0n) is 36.9. The largest absolute Gasteiger partial charge is 1.00 e. The monoisotopic (exact) mass is 906 g/mol. The maximum atomic E-state index is 12.0. The molecule has 0 unspecified atom stereocenters. The van der Waals surface area contributed by atoms with E-state index in [4.69, 9.17) is 0 Å².